The van der Waals surface area contributed by atoms with Gasteiger partial charge >= 0.3 is 6.18 Å². The lowest BCUT2D eigenvalue weighted by Crippen LogP contribution is -2.60. The number of thiazole rings is 1. The molecule has 5 nitrogen and oxygen atoms in total. The molecular weight excluding hydrogens is 355 g/mol. The predicted octanol–water partition coefficient (Wildman–Crippen LogP) is 2.67. The third kappa shape index (κ3) is 4.25. The Morgan fingerprint density at radius 3 is 2.88 bits per heavy atom. The van der Waals surface area contributed by atoms with E-state index in [1.807, 2.05) is 5.38 Å². The molecule has 3 rings (SSSR count). The Bertz CT molecular complexity index is 596. The molecule has 1 spiro atoms. The summed E-state index contributed by atoms with van der Waals surface area (Å²) >= 11 is 1.52. The Morgan fingerprint density at radius 2 is 2.20 bits per heavy atom. The summed E-state index contributed by atoms with van der Waals surface area (Å²) in [5, 5.41) is 13.4. The van der Waals surface area contributed by atoms with Gasteiger partial charge in [-0.15, -0.1) is 11.3 Å². The Kier molecular flexibility index (Phi) is 5.24. The van der Waals surface area contributed by atoms with Gasteiger partial charge in [-0.1, -0.05) is 0 Å². The number of halogens is 3. The number of aliphatic hydroxyl groups is 1. The van der Waals surface area contributed by atoms with Gasteiger partial charge in [0.1, 0.15) is 0 Å². The van der Waals surface area contributed by atoms with Crippen molar-refractivity contribution in [3.05, 3.63) is 11.6 Å². The highest BCUT2D eigenvalue weighted by Crippen LogP contribution is 2.40. The Labute approximate surface area is 148 Å². The molecule has 1 aromatic heterocycles. The summed E-state index contributed by atoms with van der Waals surface area (Å²) in [7, 11) is 0. The van der Waals surface area contributed by atoms with E-state index in [2.05, 4.69) is 9.88 Å². The van der Waals surface area contributed by atoms with Crippen LogP contribution in [-0.2, 0) is 4.79 Å². The number of alkyl halides is 3. The molecule has 2 saturated heterocycles. The summed E-state index contributed by atoms with van der Waals surface area (Å²) in [6.07, 6.45) is -2.73. The number of piperidine rings is 2. The lowest BCUT2D eigenvalue weighted by molar-refractivity contribution is -0.152. The predicted molar refractivity (Wildman–Crippen MR) is 88.5 cm³/mol. The zero-order valence-electron chi connectivity index (χ0n) is 13.8. The molecule has 0 aromatic carbocycles. The summed E-state index contributed by atoms with van der Waals surface area (Å²) in [5.41, 5.74) is -0.490. The van der Waals surface area contributed by atoms with Crippen molar-refractivity contribution >= 4 is 22.4 Å². The van der Waals surface area contributed by atoms with E-state index in [1.165, 1.54) is 16.2 Å². The molecule has 2 fully saturated rings. The van der Waals surface area contributed by atoms with Gasteiger partial charge in [0.25, 0.3) is 0 Å². The first-order valence-corrected chi connectivity index (χ1v) is 9.34. The number of aromatic nitrogens is 1. The summed E-state index contributed by atoms with van der Waals surface area (Å²) in [6.45, 7) is 2.04. The zero-order chi connectivity index (χ0) is 18.1. The van der Waals surface area contributed by atoms with Gasteiger partial charge in [0.15, 0.2) is 5.13 Å². The number of carbonyl (C=O) groups excluding carboxylic acids is 1. The Balaban J connectivity index is 1.68. The van der Waals surface area contributed by atoms with Crippen molar-refractivity contribution in [3.63, 3.8) is 0 Å². The quantitative estimate of drug-likeness (QED) is 0.880. The van der Waals surface area contributed by atoms with Crippen LogP contribution in [0.5, 0.6) is 0 Å². The highest BCUT2D eigenvalue weighted by molar-refractivity contribution is 7.13. The molecular formula is C16H22F3N3O2S. The fourth-order valence-electron chi connectivity index (χ4n) is 3.87. The molecule has 0 unspecified atom stereocenters. The number of amides is 1. The highest BCUT2D eigenvalue weighted by Gasteiger charge is 2.47. The summed E-state index contributed by atoms with van der Waals surface area (Å²) in [4.78, 5) is 20.1. The number of likely N-dealkylation sites (tertiary alicyclic amines) is 1. The molecule has 1 aromatic rings. The second kappa shape index (κ2) is 7.11. The number of carbonyl (C=O) groups is 1. The summed E-state index contributed by atoms with van der Waals surface area (Å²) in [5.74, 6) is -0.477. The van der Waals surface area contributed by atoms with Crippen LogP contribution in [0.25, 0.3) is 0 Å². The molecule has 1 amide bonds. The third-order valence-corrected chi connectivity index (χ3v) is 5.99. The van der Waals surface area contributed by atoms with E-state index >= 15 is 0 Å². The lowest BCUT2D eigenvalue weighted by atomic mass is 9.71. The normalized spacial score (nSPS) is 27.8. The first-order chi connectivity index (χ1) is 11.8. The first-order valence-electron chi connectivity index (χ1n) is 8.46. The second-order valence-electron chi connectivity index (χ2n) is 6.94. The van der Waals surface area contributed by atoms with Gasteiger partial charge in [-0.3, -0.25) is 4.79 Å². The molecule has 9 heteroatoms. The fraction of sp³-hybridized carbons (Fsp3) is 0.750. The number of hydrogen-bond donors (Lipinski definition) is 1. The van der Waals surface area contributed by atoms with Gasteiger partial charge in [0.05, 0.1) is 12.5 Å². The van der Waals surface area contributed by atoms with Crippen molar-refractivity contribution in [3.8, 4) is 0 Å². The second-order valence-corrected chi connectivity index (χ2v) is 7.81. The molecule has 0 radical (unpaired) electrons. The van der Waals surface area contributed by atoms with Gasteiger partial charge in [0.2, 0.25) is 5.91 Å². The van der Waals surface area contributed by atoms with Crippen molar-refractivity contribution in [2.75, 3.05) is 31.1 Å². The van der Waals surface area contributed by atoms with Crippen LogP contribution in [0, 0.1) is 5.41 Å². The average Bonchev–Trinajstić information content (AvgIpc) is 3.09. The molecule has 0 aliphatic carbocycles. The van der Waals surface area contributed by atoms with E-state index in [1.54, 1.807) is 6.20 Å². The SMILES string of the molecule is O=C(CCC(F)(F)F)N1CCC[C@]2(C1)CN(c1nccs1)CC[C@H]2O. The molecule has 2 aliphatic rings. The van der Waals surface area contributed by atoms with Gasteiger partial charge in [0, 0.05) is 49.6 Å². The van der Waals surface area contributed by atoms with E-state index in [0.29, 0.717) is 39.0 Å². The standard InChI is InChI=1S/C16H22F3N3O2S/c17-16(18,19)5-2-13(24)21-7-1-4-15(10-21)11-22(8-3-12(15)23)14-20-6-9-25-14/h6,9,12,23H,1-5,7-8,10-11H2/t12-,15+/m1/s1. The van der Waals surface area contributed by atoms with Gasteiger partial charge < -0.3 is 14.9 Å². The van der Waals surface area contributed by atoms with Gasteiger partial charge in [-0.25, -0.2) is 4.98 Å². The highest BCUT2D eigenvalue weighted by atomic mass is 32.1. The largest absolute Gasteiger partial charge is 0.392 e. The maximum atomic E-state index is 12.4. The lowest BCUT2D eigenvalue weighted by Gasteiger charge is -2.51. The molecule has 0 saturated carbocycles. The van der Waals surface area contributed by atoms with E-state index in [0.717, 1.165) is 11.6 Å². The van der Waals surface area contributed by atoms with Crippen LogP contribution in [0.15, 0.2) is 11.6 Å². The van der Waals surface area contributed by atoms with Crippen LogP contribution in [-0.4, -0.2) is 59.4 Å². The summed E-state index contributed by atoms with van der Waals surface area (Å²) in [6, 6.07) is 0. The Morgan fingerprint density at radius 1 is 1.40 bits per heavy atom. The minimum absolute atomic E-state index is 0.312. The van der Waals surface area contributed by atoms with Crippen LogP contribution in [0.3, 0.4) is 0 Å². The van der Waals surface area contributed by atoms with Crippen molar-refractivity contribution in [1.82, 2.24) is 9.88 Å². The van der Waals surface area contributed by atoms with Crippen molar-refractivity contribution in [2.24, 2.45) is 5.41 Å². The van der Waals surface area contributed by atoms with Gasteiger partial charge in [-0.2, -0.15) is 13.2 Å². The van der Waals surface area contributed by atoms with Crippen LogP contribution < -0.4 is 4.90 Å². The minimum atomic E-state index is -4.32. The van der Waals surface area contributed by atoms with E-state index < -0.39 is 36.4 Å². The van der Waals surface area contributed by atoms with Gasteiger partial charge in [-0.05, 0) is 19.3 Å². The number of anilines is 1. The molecule has 25 heavy (non-hydrogen) atoms. The topological polar surface area (TPSA) is 56.7 Å². The zero-order valence-corrected chi connectivity index (χ0v) is 14.7. The van der Waals surface area contributed by atoms with Crippen LogP contribution >= 0.6 is 11.3 Å². The summed E-state index contributed by atoms with van der Waals surface area (Å²) < 4.78 is 37.1. The fourth-order valence-corrected chi connectivity index (χ4v) is 4.54. The van der Waals surface area contributed by atoms with Crippen molar-refractivity contribution in [2.45, 2.75) is 44.4 Å². The molecule has 3 heterocycles. The van der Waals surface area contributed by atoms with Crippen LogP contribution in [0.4, 0.5) is 18.3 Å². The van der Waals surface area contributed by atoms with E-state index in [9.17, 15) is 23.1 Å². The molecule has 2 aliphatic heterocycles. The van der Waals surface area contributed by atoms with Crippen molar-refractivity contribution in [1.29, 1.82) is 0 Å². The maximum Gasteiger partial charge on any atom is 0.389 e. The number of rotatable bonds is 3. The minimum Gasteiger partial charge on any atom is -0.392 e. The molecule has 140 valence electrons. The van der Waals surface area contributed by atoms with E-state index in [4.69, 9.17) is 0 Å². The maximum absolute atomic E-state index is 12.4. The average molecular weight is 377 g/mol. The monoisotopic (exact) mass is 377 g/mol. The third-order valence-electron chi connectivity index (χ3n) is 5.16. The Hall–Kier alpha value is -1.35. The van der Waals surface area contributed by atoms with Crippen LogP contribution in [0.1, 0.15) is 32.1 Å². The molecule has 1 N–H and O–H groups in total. The van der Waals surface area contributed by atoms with Crippen LogP contribution in [0.2, 0.25) is 0 Å². The van der Waals surface area contributed by atoms with E-state index in [-0.39, 0.29) is 0 Å². The number of aliphatic hydroxyl groups excluding tert-OH is 1. The smallest absolute Gasteiger partial charge is 0.389 e. The first kappa shape index (κ1) is 18.4. The number of hydrogen-bond acceptors (Lipinski definition) is 5. The number of nitrogens with zero attached hydrogens (tertiary/aromatic N) is 3. The van der Waals surface area contributed by atoms with Crippen molar-refractivity contribution < 1.29 is 23.1 Å². The molecule has 0 bridgehead atoms. The molecule has 2 atom stereocenters.